The molecule has 0 spiro atoms. The fourth-order valence-electron chi connectivity index (χ4n) is 3.41. The summed E-state index contributed by atoms with van der Waals surface area (Å²) in [4.78, 5) is 11.9. The minimum absolute atomic E-state index is 0.485. The van der Waals surface area contributed by atoms with Crippen molar-refractivity contribution in [2.45, 2.75) is 110 Å². The second-order valence-electron chi connectivity index (χ2n) is 7.52. The van der Waals surface area contributed by atoms with Gasteiger partial charge in [0.1, 0.15) is 5.78 Å². The van der Waals surface area contributed by atoms with Crippen LogP contribution in [0.1, 0.15) is 109 Å². The van der Waals surface area contributed by atoms with Crippen molar-refractivity contribution in [3.63, 3.8) is 0 Å². The Balaban J connectivity index is 1.81. The monoisotopic (exact) mass is 344 g/mol. The summed E-state index contributed by atoms with van der Waals surface area (Å²) < 4.78 is 0. The minimum atomic E-state index is 0.485. The van der Waals surface area contributed by atoms with Gasteiger partial charge in [0, 0.05) is 12.8 Å². The maximum atomic E-state index is 11.9. The van der Waals surface area contributed by atoms with E-state index in [2.05, 4.69) is 37.3 Å². The van der Waals surface area contributed by atoms with E-state index in [1.54, 1.807) is 0 Å². The summed E-state index contributed by atoms with van der Waals surface area (Å²) in [6.45, 7) is 2.27. The molecule has 142 valence electrons. The fraction of sp³-hybridized carbons (Fsp3) is 0.708. The van der Waals surface area contributed by atoms with E-state index < -0.39 is 0 Å². The van der Waals surface area contributed by atoms with Gasteiger partial charge >= 0.3 is 0 Å². The molecule has 0 N–H and O–H groups in total. The predicted molar refractivity (Wildman–Crippen MR) is 110 cm³/mol. The van der Waals surface area contributed by atoms with Gasteiger partial charge in [-0.3, -0.25) is 4.79 Å². The molecule has 0 aliphatic rings. The molecule has 25 heavy (non-hydrogen) atoms. The second-order valence-corrected chi connectivity index (χ2v) is 7.52. The quantitative estimate of drug-likeness (QED) is 0.265. The first kappa shape index (κ1) is 21.9. The van der Waals surface area contributed by atoms with Gasteiger partial charge in [-0.25, -0.2) is 0 Å². The molecule has 1 heteroatoms. The number of hydrogen-bond donors (Lipinski definition) is 0. The number of benzene rings is 1. The zero-order valence-corrected chi connectivity index (χ0v) is 16.6. The van der Waals surface area contributed by atoms with Crippen molar-refractivity contribution in [3.8, 4) is 0 Å². The molecule has 0 heterocycles. The van der Waals surface area contributed by atoms with Crippen molar-refractivity contribution in [1.82, 2.24) is 0 Å². The fourth-order valence-corrected chi connectivity index (χ4v) is 3.41. The average Bonchev–Trinajstić information content (AvgIpc) is 2.64. The Bertz CT molecular complexity index is 409. The smallest absolute Gasteiger partial charge is 0.132 e. The van der Waals surface area contributed by atoms with Gasteiger partial charge in [0.15, 0.2) is 0 Å². The van der Waals surface area contributed by atoms with Gasteiger partial charge in [0.25, 0.3) is 0 Å². The molecular formula is C24H40O. The van der Waals surface area contributed by atoms with Crippen LogP contribution in [0.15, 0.2) is 30.3 Å². The molecule has 0 bridgehead atoms. The summed E-state index contributed by atoms with van der Waals surface area (Å²) in [5.41, 5.74) is 1.42. The Morgan fingerprint density at radius 3 is 1.68 bits per heavy atom. The highest BCUT2D eigenvalue weighted by molar-refractivity contribution is 5.78. The Hall–Kier alpha value is -1.11. The summed E-state index contributed by atoms with van der Waals surface area (Å²) in [6, 6.07) is 10.7. The SMILES string of the molecule is CCCCCCCCCCCCC(=O)CCCCCc1ccccc1. The van der Waals surface area contributed by atoms with E-state index in [9.17, 15) is 4.79 Å². The number of unbranched alkanes of at least 4 members (excludes halogenated alkanes) is 11. The molecule has 0 aliphatic heterocycles. The molecule has 0 aliphatic carbocycles. The van der Waals surface area contributed by atoms with E-state index in [4.69, 9.17) is 0 Å². The highest BCUT2D eigenvalue weighted by atomic mass is 16.1. The van der Waals surface area contributed by atoms with Crippen molar-refractivity contribution >= 4 is 5.78 Å². The van der Waals surface area contributed by atoms with Crippen molar-refractivity contribution in [1.29, 1.82) is 0 Å². The summed E-state index contributed by atoms with van der Waals surface area (Å²) >= 11 is 0. The Morgan fingerprint density at radius 1 is 0.640 bits per heavy atom. The van der Waals surface area contributed by atoms with Crippen LogP contribution in [-0.2, 0) is 11.2 Å². The third kappa shape index (κ3) is 13.8. The lowest BCUT2D eigenvalue weighted by molar-refractivity contribution is -0.119. The Kier molecular flexibility index (Phi) is 14.4. The van der Waals surface area contributed by atoms with Gasteiger partial charge in [0.2, 0.25) is 0 Å². The van der Waals surface area contributed by atoms with Crippen LogP contribution in [0.3, 0.4) is 0 Å². The number of carbonyl (C=O) groups is 1. The number of hydrogen-bond acceptors (Lipinski definition) is 1. The molecule has 0 fully saturated rings. The lowest BCUT2D eigenvalue weighted by Gasteiger charge is -2.04. The number of aryl methyl sites for hydroxylation is 1. The summed E-state index contributed by atoms with van der Waals surface area (Å²) in [7, 11) is 0. The van der Waals surface area contributed by atoms with Crippen LogP contribution in [0.4, 0.5) is 0 Å². The van der Waals surface area contributed by atoms with E-state index in [1.807, 2.05) is 0 Å². The zero-order valence-electron chi connectivity index (χ0n) is 16.6. The lowest BCUT2D eigenvalue weighted by Crippen LogP contribution is -1.98. The van der Waals surface area contributed by atoms with Crippen molar-refractivity contribution in [2.24, 2.45) is 0 Å². The number of Topliss-reactive ketones (excluding diaryl/α,β-unsaturated/α-hetero) is 1. The van der Waals surface area contributed by atoms with Gasteiger partial charge in [-0.15, -0.1) is 0 Å². The molecule has 1 aromatic carbocycles. The summed E-state index contributed by atoms with van der Waals surface area (Å²) in [6.07, 6.45) is 19.6. The summed E-state index contributed by atoms with van der Waals surface area (Å²) in [5.74, 6) is 0.485. The van der Waals surface area contributed by atoms with Crippen LogP contribution in [-0.4, -0.2) is 5.78 Å². The average molecular weight is 345 g/mol. The van der Waals surface area contributed by atoms with Crippen molar-refractivity contribution < 1.29 is 4.79 Å². The number of carbonyl (C=O) groups excluding carboxylic acids is 1. The second kappa shape index (κ2) is 16.4. The molecule has 0 aromatic heterocycles. The van der Waals surface area contributed by atoms with Gasteiger partial charge < -0.3 is 0 Å². The molecular weight excluding hydrogens is 304 g/mol. The molecule has 0 atom stereocenters. The van der Waals surface area contributed by atoms with E-state index >= 15 is 0 Å². The van der Waals surface area contributed by atoms with E-state index in [0.29, 0.717) is 5.78 Å². The molecule has 1 aromatic rings. The minimum Gasteiger partial charge on any atom is -0.300 e. The van der Waals surface area contributed by atoms with Crippen LogP contribution in [0.5, 0.6) is 0 Å². The van der Waals surface area contributed by atoms with Crippen molar-refractivity contribution in [3.05, 3.63) is 35.9 Å². The van der Waals surface area contributed by atoms with Gasteiger partial charge in [-0.1, -0.05) is 101 Å². The molecule has 1 rings (SSSR count). The van der Waals surface area contributed by atoms with Crippen molar-refractivity contribution in [2.75, 3.05) is 0 Å². The highest BCUT2D eigenvalue weighted by Crippen LogP contribution is 2.13. The highest BCUT2D eigenvalue weighted by Gasteiger charge is 2.02. The van der Waals surface area contributed by atoms with E-state index in [0.717, 1.165) is 32.1 Å². The predicted octanol–water partition coefficient (Wildman–Crippen LogP) is 7.67. The first-order valence-electron chi connectivity index (χ1n) is 10.9. The van der Waals surface area contributed by atoms with Crippen LogP contribution in [0.25, 0.3) is 0 Å². The maximum Gasteiger partial charge on any atom is 0.132 e. The Morgan fingerprint density at radius 2 is 1.12 bits per heavy atom. The molecule has 0 unspecified atom stereocenters. The topological polar surface area (TPSA) is 17.1 Å². The van der Waals surface area contributed by atoms with Crippen LogP contribution < -0.4 is 0 Å². The molecule has 0 amide bonds. The number of rotatable bonds is 17. The molecule has 0 saturated heterocycles. The van der Waals surface area contributed by atoms with Crippen LogP contribution >= 0.6 is 0 Å². The van der Waals surface area contributed by atoms with Gasteiger partial charge in [-0.05, 0) is 31.2 Å². The third-order valence-corrected chi connectivity index (χ3v) is 5.07. The zero-order chi connectivity index (χ0) is 18.0. The van der Waals surface area contributed by atoms with Crippen LogP contribution in [0.2, 0.25) is 0 Å². The Labute approximate surface area is 156 Å². The van der Waals surface area contributed by atoms with Crippen LogP contribution in [0, 0.1) is 0 Å². The molecule has 0 saturated carbocycles. The third-order valence-electron chi connectivity index (χ3n) is 5.07. The van der Waals surface area contributed by atoms with Gasteiger partial charge in [0.05, 0.1) is 0 Å². The standard InChI is InChI=1S/C24H40O/c1-2-3-4-5-6-7-8-9-10-16-21-24(25)22-17-12-15-20-23-18-13-11-14-19-23/h11,13-14,18-19H,2-10,12,15-17,20-22H2,1H3. The lowest BCUT2D eigenvalue weighted by atomic mass is 10.0. The first-order valence-corrected chi connectivity index (χ1v) is 10.9. The largest absolute Gasteiger partial charge is 0.300 e. The first-order chi connectivity index (χ1) is 12.3. The van der Waals surface area contributed by atoms with E-state index in [-0.39, 0.29) is 0 Å². The summed E-state index contributed by atoms with van der Waals surface area (Å²) in [5, 5.41) is 0. The number of ketones is 1. The molecule has 1 nitrogen and oxygen atoms in total. The van der Waals surface area contributed by atoms with Gasteiger partial charge in [-0.2, -0.15) is 0 Å². The maximum absolute atomic E-state index is 11.9. The molecule has 0 radical (unpaired) electrons. The normalized spacial score (nSPS) is 10.9. The van der Waals surface area contributed by atoms with E-state index in [1.165, 1.54) is 76.2 Å².